The highest BCUT2D eigenvalue weighted by molar-refractivity contribution is 8.00. The number of nitrogens with zero attached hydrogens (tertiary/aromatic N) is 2. The lowest BCUT2D eigenvalue weighted by Gasteiger charge is -2.26. The zero-order valence-corrected chi connectivity index (χ0v) is 17.5. The normalized spacial score (nSPS) is 22.3. The lowest BCUT2D eigenvalue weighted by molar-refractivity contribution is -0.133. The maximum atomic E-state index is 13.0. The molecule has 1 aromatic rings. The van der Waals surface area contributed by atoms with Crippen molar-refractivity contribution in [1.29, 1.82) is 0 Å². The Hall–Kier alpha value is -0.330. The van der Waals surface area contributed by atoms with Gasteiger partial charge in [-0.15, -0.1) is 23.1 Å². The van der Waals surface area contributed by atoms with Crippen molar-refractivity contribution in [2.75, 3.05) is 24.9 Å². The highest BCUT2D eigenvalue weighted by Crippen LogP contribution is 2.38. The second-order valence-electron chi connectivity index (χ2n) is 6.06. The largest absolute Gasteiger partial charge is 0.341 e. The van der Waals surface area contributed by atoms with Crippen LogP contribution in [0, 0.1) is 0 Å². The topological polar surface area (TPSA) is 91.8 Å². The van der Waals surface area contributed by atoms with E-state index in [2.05, 4.69) is 0 Å². The summed E-state index contributed by atoms with van der Waals surface area (Å²) in [6.07, 6.45) is 2.86. The molecule has 7 nitrogen and oxygen atoms in total. The van der Waals surface area contributed by atoms with Gasteiger partial charge in [0.2, 0.25) is 15.9 Å². The number of hydrogen-bond donors (Lipinski definition) is 0. The van der Waals surface area contributed by atoms with Crippen LogP contribution in [0.1, 0.15) is 12.8 Å². The zero-order chi connectivity index (χ0) is 18.6. The number of thiophene rings is 1. The molecule has 0 radical (unpaired) electrons. The molecule has 0 spiro atoms. The van der Waals surface area contributed by atoms with Crippen LogP contribution in [0.2, 0.25) is 4.34 Å². The molecule has 1 atom stereocenters. The van der Waals surface area contributed by atoms with E-state index in [1.54, 1.807) is 11.9 Å². The van der Waals surface area contributed by atoms with Gasteiger partial charge in [0, 0.05) is 25.1 Å². The van der Waals surface area contributed by atoms with Crippen molar-refractivity contribution in [3.8, 4) is 0 Å². The number of halogens is 1. The smallest absolute Gasteiger partial charge is 0.246 e. The van der Waals surface area contributed by atoms with Crippen LogP contribution in [0.4, 0.5) is 0 Å². The average molecular weight is 445 g/mol. The Morgan fingerprint density at radius 1 is 1.32 bits per heavy atom. The summed E-state index contributed by atoms with van der Waals surface area (Å²) in [7, 11) is -5.94. The summed E-state index contributed by atoms with van der Waals surface area (Å²) in [4.78, 5) is 14.0. The molecule has 25 heavy (non-hydrogen) atoms. The van der Waals surface area contributed by atoms with Crippen LogP contribution >= 0.6 is 34.7 Å². The molecule has 0 bridgehead atoms. The van der Waals surface area contributed by atoms with Gasteiger partial charge in [0.25, 0.3) is 0 Å². The van der Waals surface area contributed by atoms with Crippen molar-refractivity contribution in [1.82, 2.24) is 9.21 Å². The minimum atomic E-state index is -4.06. The van der Waals surface area contributed by atoms with Gasteiger partial charge in [0.1, 0.15) is 19.5 Å². The number of amides is 1. The van der Waals surface area contributed by atoms with Gasteiger partial charge in [-0.3, -0.25) is 4.79 Å². The van der Waals surface area contributed by atoms with E-state index >= 15 is 0 Å². The molecule has 1 amide bonds. The predicted octanol–water partition coefficient (Wildman–Crippen LogP) is 1.49. The minimum Gasteiger partial charge on any atom is -0.341 e. The van der Waals surface area contributed by atoms with Crippen molar-refractivity contribution in [2.45, 2.75) is 34.0 Å². The zero-order valence-electron chi connectivity index (χ0n) is 13.5. The summed E-state index contributed by atoms with van der Waals surface area (Å²) in [6, 6.07) is 0.467. The monoisotopic (exact) mass is 444 g/mol. The SMILES string of the molecule is CN(C(=O)C1CSCN1S(=O)(=O)c1cc(S(C)(=O)=O)sc1Cl)C1CC1. The summed E-state index contributed by atoms with van der Waals surface area (Å²) in [5, 5.41) is 0. The fourth-order valence-corrected chi connectivity index (χ4v) is 8.68. The van der Waals surface area contributed by atoms with Crippen LogP contribution in [-0.2, 0) is 24.7 Å². The number of hydrogen-bond acceptors (Lipinski definition) is 7. The molecule has 2 fully saturated rings. The summed E-state index contributed by atoms with van der Waals surface area (Å²) in [5.41, 5.74) is 0. The quantitative estimate of drug-likeness (QED) is 0.683. The molecule has 1 aliphatic heterocycles. The van der Waals surface area contributed by atoms with Crippen LogP contribution in [0.25, 0.3) is 0 Å². The summed E-state index contributed by atoms with van der Waals surface area (Å²) >= 11 is 8.07. The highest BCUT2D eigenvalue weighted by Gasteiger charge is 2.44. The van der Waals surface area contributed by atoms with E-state index in [4.69, 9.17) is 11.6 Å². The van der Waals surface area contributed by atoms with Gasteiger partial charge in [0.05, 0.1) is 5.88 Å². The standard InChI is InChI=1S/C13H17ClN2O5S4/c1-15(8-3-4-8)13(17)9-6-22-7-16(9)25(20,21)10-5-11(23-12(10)14)24(2,18)19/h5,8-9H,3-4,6-7H2,1-2H3. The van der Waals surface area contributed by atoms with Gasteiger partial charge in [-0.25, -0.2) is 16.8 Å². The maximum Gasteiger partial charge on any atom is 0.246 e. The fourth-order valence-electron chi connectivity index (χ4n) is 2.55. The van der Waals surface area contributed by atoms with E-state index in [0.717, 1.165) is 29.5 Å². The summed E-state index contributed by atoms with van der Waals surface area (Å²) in [6.45, 7) is 0. The first-order valence-electron chi connectivity index (χ1n) is 7.39. The number of thioether (sulfide) groups is 1. The first-order valence-corrected chi connectivity index (χ1v) is 13.1. The van der Waals surface area contributed by atoms with Gasteiger partial charge in [-0.05, 0) is 18.9 Å². The summed E-state index contributed by atoms with van der Waals surface area (Å²) < 4.78 is 50.2. The number of likely N-dealkylation sites (N-methyl/N-ethyl adjacent to an activating group) is 1. The van der Waals surface area contributed by atoms with Crippen LogP contribution in [0.15, 0.2) is 15.2 Å². The van der Waals surface area contributed by atoms with Gasteiger partial charge < -0.3 is 4.90 Å². The average Bonchev–Trinajstić information content (AvgIpc) is 3.07. The maximum absolute atomic E-state index is 13.0. The number of sulfonamides is 1. The molecule has 1 unspecified atom stereocenters. The summed E-state index contributed by atoms with van der Waals surface area (Å²) in [5.74, 6) is 0.277. The van der Waals surface area contributed by atoms with E-state index < -0.39 is 25.9 Å². The first kappa shape index (κ1) is 19.4. The number of sulfone groups is 1. The first-order chi connectivity index (χ1) is 11.5. The molecule has 1 saturated carbocycles. The molecule has 140 valence electrons. The van der Waals surface area contributed by atoms with Gasteiger partial charge >= 0.3 is 0 Å². The fraction of sp³-hybridized carbons (Fsp3) is 0.615. The molecule has 1 aliphatic carbocycles. The number of carbonyl (C=O) groups excluding carboxylic acids is 1. The third-order valence-electron chi connectivity index (χ3n) is 4.15. The molecule has 2 aliphatic rings. The molecule has 0 N–H and O–H groups in total. The van der Waals surface area contributed by atoms with E-state index in [-0.39, 0.29) is 31.3 Å². The van der Waals surface area contributed by atoms with Crippen molar-refractivity contribution in [2.24, 2.45) is 0 Å². The van der Waals surface area contributed by atoms with Crippen LogP contribution in [-0.4, -0.2) is 69.0 Å². The van der Waals surface area contributed by atoms with Crippen LogP contribution in [0.3, 0.4) is 0 Å². The molecule has 3 rings (SSSR count). The molecular weight excluding hydrogens is 428 g/mol. The number of carbonyl (C=O) groups is 1. The third-order valence-corrected chi connectivity index (χ3v) is 10.6. The van der Waals surface area contributed by atoms with Crippen molar-refractivity contribution in [3.63, 3.8) is 0 Å². The Morgan fingerprint density at radius 2 is 1.96 bits per heavy atom. The Labute approximate surface area is 160 Å². The Bertz CT molecular complexity index is 907. The second kappa shape index (κ2) is 6.68. The van der Waals surface area contributed by atoms with Crippen molar-refractivity contribution < 1.29 is 21.6 Å². The highest BCUT2D eigenvalue weighted by atomic mass is 35.5. The molecule has 1 saturated heterocycles. The van der Waals surface area contributed by atoms with Crippen LogP contribution in [0.5, 0.6) is 0 Å². The minimum absolute atomic E-state index is 0.110. The van der Waals surface area contributed by atoms with Crippen LogP contribution < -0.4 is 0 Å². The van der Waals surface area contributed by atoms with Gasteiger partial charge in [0.15, 0.2) is 9.84 Å². The van der Waals surface area contributed by atoms with Gasteiger partial charge in [-0.1, -0.05) is 11.6 Å². The molecular formula is C13H17ClN2O5S4. The Morgan fingerprint density at radius 3 is 2.48 bits per heavy atom. The molecule has 0 aromatic carbocycles. The lowest BCUT2D eigenvalue weighted by Crippen LogP contribution is -2.48. The third kappa shape index (κ3) is 3.72. The van der Waals surface area contributed by atoms with Gasteiger partial charge in [-0.2, -0.15) is 4.31 Å². The van der Waals surface area contributed by atoms with Crippen molar-refractivity contribution >= 4 is 60.5 Å². The molecule has 1 aromatic heterocycles. The molecule has 12 heteroatoms. The lowest BCUT2D eigenvalue weighted by atomic mass is 10.3. The Kier molecular flexibility index (Phi) is 5.19. The van der Waals surface area contributed by atoms with E-state index in [1.165, 1.54) is 11.8 Å². The van der Waals surface area contributed by atoms with E-state index in [9.17, 15) is 21.6 Å². The van der Waals surface area contributed by atoms with Crippen molar-refractivity contribution in [3.05, 3.63) is 10.4 Å². The Balaban J connectivity index is 1.93. The molecule has 2 heterocycles. The predicted molar refractivity (Wildman–Crippen MR) is 98.4 cm³/mol. The van der Waals surface area contributed by atoms with E-state index in [1.807, 2.05) is 0 Å². The number of rotatable bonds is 5. The second-order valence-corrected chi connectivity index (χ2v) is 12.8. The van der Waals surface area contributed by atoms with E-state index in [0.29, 0.717) is 17.1 Å².